The first-order valence-corrected chi connectivity index (χ1v) is 6.07. The standard InChI is InChI=1S/C14H10N4O2/c15-10-6-8-3-4-9(12-2-1-5-20-12)7-11(8)18-13(10)16-17-14(18)19/h1-7H,15H2,(H,17,19). The Morgan fingerprint density at radius 3 is 2.95 bits per heavy atom. The first-order chi connectivity index (χ1) is 9.74. The van der Waals surface area contributed by atoms with Crippen molar-refractivity contribution in [3.05, 3.63) is 53.1 Å². The maximum absolute atomic E-state index is 11.9. The molecular weight excluding hydrogens is 256 g/mol. The fourth-order valence-corrected chi connectivity index (χ4v) is 2.40. The Hall–Kier alpha value is -3.02. The van der Waals surface area contributed by atoms with E-state index in [0.29, 0.717) is 11.3 Å². The Labute approximate surface area is 112 Å². The van der Waals surface area contributed by atoms with E-state index >= 15 is 0 Å². The molecule has 6 nitrogen and oxygen atoms in total. The molecule has 0 saturated heterocycles. The average Bonchev–Trinajstić information content (AvgIpc) is 3.09. The number of aromatic nitrogens is 3. The molecule has 6 heteroatoms. The van der Waals surface area contributed by atoms with Gasteiger partial charge in [-0.1, -0.05) is 12.1 Å². The predicted octanol–water partition coefficient (Wildman–Crippen LogP) is 2.02. The molecule has 20 heavy (non-hydrogen) atoms. The summed E-state index contributed by atoms with van der Waals surface area (Å²) < 4.78 is 6.85. The minimum absolute atomic E-state index is 0.311. The summed E-state index contributed by atoms with van der Waals surface area (Å²) in [7, 11) is 0. The predicted molar refractivity (Wildman–Crippen MR) is 75.4 cm³/mol. The molecule has 0 amide bonds. The van der Waals surface area contributed by atoms with Crippen molar-refractivity contribution in [2.45, 2.75) is 0 Å². The van der Waals surface area contributed by atoms with Gasteiger partial charge in [-0.05, 0) is 24.3 Å². The topological polar surface area (TPSA) is 89.3 Å². The number of hydrogen-bond donors (Lipinski definition) is 2. The van der Waals surface area contributed by atoms with E-state index in [2.05, 4.69) is 10.2 Å². The third-order valence-electron chi connectivity index (χ3n) is 3.32. The van der Waals surface area contributed by atoms with Crippen LogP contribution in [0.5, 0.6) is 0 Å². The van der Waals surface area contributed by atoms with E-state index in [1.165, 1.54) is 4.40 Å². The molecule has 0 aliphatic heterocycles. The van der Waals surface area contributed by atoms with Crippen molar-refractivity contribution in [1.29, 1.82) is 0 Å². The molecule has 3 heterocycles. The first kappa shape index (κ1) is 10.9. The van der Waals surface area contributed by atoms with Gasteiger partial charge in [0.2, 0.25) is 0 Å². The molecule has 0 unspecified atom stereocenters. The molecule has 3 N–H and O–H groups in total. The number of nitrogen functional groups attached to an aromatic ring is 1. The van der Waals surface area contributed by atoms with E-state index in [4.69, 9.17) is 10.2 Å². The lowest BCUT2D eigenvalue weighted by atomic mass is 10.1. The van der Waals surface area contributed by atoms with Gasteiger partial charge >= 0.3 is 5.69 Å². The lowest BCUT2D eigenvalue weighted by molar-refractivity contribution is 0.582. The van der Waals surface area contributed by atoms with Crippen LogP contribution in [-0.4, -0.2) is 14.6 Å². The van der Waals surface area contributed by atoms with Crippen LogP contribution >= 0.6 is 0 Å². The summed E-state index contributed by atoms with van der Waals surface area (Å²) >= 11 is 0. The van der Waals surface area contributed by atoms with Crippen molar-refractivity contribution in [1.82, 2.24) is 14.6 Å². The molecule has 4 rings (SSSR count). The highest BCUT2D eigenvalue weighted by Gasteiger charge is 2.10. The Morgan fingerprint density at radius 1 is 1.25 bits per heavy atom. The Balaban J connectivity index is 2.16. The summed E-state index contributed by atoms with van der Waals surface area (Å²) in [6.07, 6.45) is 1.61. The number of aromatic amines is 1. The van der Waals surface area contributed by atoms with Crippen molar-refractivity contribution < 1.29 is 4.42 Å². The lowest BCUT2D eigenvalue weighted by Gasteiger charge is -2.05. The molecule has 0 fully saturated rings. The van der Waals surface area contributed by atoms with E-state index < -0.39 is 0 Å². The summed E-state index contributed by atoms with van der Waals surface area (Å²) in [5, 5.41) is 7.22. The molecule has 0 spiro atoms. The largest absolute Gasteiger partial charge is 0.464 e. The van der Waals surface area contributed by atoms with E-state index in [0.717, 1.165) is 22.2 Å². The zero-order valence-corrected chi connectivity index (χ0v) is 10.3. The Kier molecular flexibility index (Phi) is 2.03. The van der Waals surface area contributed by atoms with Crippen molar-refractivity contribution in [3.8, 4) is 11.3 Å². The summed E-state index contributed by atoms with van der Waals surface area (Å²) in [4.78, 5) is 11.9. The minimum atomic E-state index is -0.311. The van der Waals surface area contributed by atoms with Crippen LogP contribution in [-0.2, 0) is 0 Å². The van der Waals surface area contributed by atoms with Gasteiger partial charge in [-0.15, -0.1) is 0 Å². The number of nitrogens with zero attached hydrogens (tertiary/aromatic N) is 2. The quantitative estimate of drug-likeness (QED) is 0.551. The second kappa shape index (κ2) is 3.74. The maximum Gasteiger partial charge on any atom is 0.348 e. The second-order valence-electron chi connectivity index (χ2n) is 4.54. The molecule has 1 aromatic carbocycles. The minimum Gasteiger partial charge on any atom is -0.464 e. The molecule has 0 bridgehead atoms. The lowest BCUT2D eigenvalue weighted by Crippen LogP contribution is -2.10. The van der Waals surface area contributed by atoms with Gasteiger partial charge in [0, 0.05) is 10.9 Å². The highest BCUT2D eigenvalue weighted by molar-refractivity contribution is 5.90. The van der Waals surface area contributed by atoms with Crippen LogP contribution in [0.3, 0.4) is 0 Å². The van der Waals surface area contributed by atoms with E-state index in [-0.39, 0.29) is 5.69 Å². The van der Waals surface area contributed by atoms with Gasteiger partial charge in [-0.3, -0.25) is 0 Å². The summed E-state index contributed by atoms with van der Waals surface area (Å²) in [6, 6.07) is 11.2. The monoisotopic (exact) mass is 266 g/mol. The van der Waals surface area contributed by atoms with E-state index in [1.54, 1.807) is 12.3 Å². The number of pyridine rings is 1. The number of furan rings is 1. The Morgan fingerprint density at radius 2 is 2.15 bits per heavy atom. The maximum atomic E-state index is 11.9. The normalized spacial score (nSPS) is 11.4. The third-order valence-corrected chi connectivity index (χ3v) is 3.32. The van der Waals surface area contributed by atoms with Crippen molar-refractivity contribution in [3.63, 3.8) is 0 Å². The van der Waals surface area contributed by atoms with Crippen molar-refractivity contribution in [2.24, 2.45) is 0 Å². The average molecular weight is 266 g/mol. The molecule has 0 radical (unpaired) electrons. The number of anilines is 1. The van der Waals surface area contributed by atoms with Crippen LogP contribution in [0.4, 0.5) is 5.69 Å². The van der Waals surface area contributed by atoms with Crippen molar-refractivity contribution in [2.75, 3.05) is 5.73 Å². The fraction of sp³-hybridized carbons (Fsp3) is 0. The van der Waals surface area contributed by atoms with Gasteiger partial charge < -0.3 is 10.2 Å². The second-order valence-corrected chi connectivity index (χ2v) is 4.54. The van der Waals surface area contributed by atoms with Crippen LogP contribution in [0.25, 0.3) is 27.9 Å². The summed E-state index contributed by atoms with van der Waals surface area (Å²) in [5.74, 6) is 0.744. The van der Waals surface area contributed by atoms with Gasteiger partial charge in [0.05, 0.1) is 17.5 Å². The fourth-order valence-electron chi connectivity index (χ4n) is 2.40. The number of rotatable bonds is 1. The number of hydrogen-bond acceptors (Lipinski definition) is 4. The molecule has 4 aromatic rings. The summed E-state index contributed by atoms with van der Waals surface area (Å²) in [6.45, 7) is 0. The first-order valence-electron chi connectivity index (χ1n) is 6.07. The van der Waals surface area contributed by atoms with Crippen LogP contribution in [0.15, 0.2) is 51.9 Å². The highest BCUT2D eigenvalue weighted by atomic mass is 16.3. The van der Waals surface area contributed by atoms with Gasteiger partial charge in [0.25, 0.3) is 0 Å². The zero-order chi connectivity index (χ0) is 13.7. The molecule has 0 aliphatic rings. The van der Waals surface area contributed by atoms with Crippen molar-refractivity contribution >= 4 is 22.2 Å². The van der Waals surface area contributed by atoms with E-state index in [9.17, 15) is 4.79 Å². The highest BCUT2D eigenvalue weighted by Crippen LogP contribution is 2.26. The van der Waals surface area contributed by atoms with Gasteiger partial charge in [-0.25, -0.2) is 14.3 Å². The number of benzene rings is 1. The van der Waals surface area contributed by atoms with E-state index in [1.807, 2.05) is 30.3 Å². The van der Waals surface area contributed by atoms with Crippen LogP contribution in [0.1, 0.15) is 0 Å². The molecule has 0 saturated carbocycles. The molecule has 0 atom stereocenters. The summed E-state index contributed by atoms with van der Waals surface area (Å²) in [5.41, 5.74) is 8.11. The van der Waals surface area contributed by atoms with Gasteiger partial charge in [-0.2, -0.15) is 5.10 Å². The van der Waals surface area contributed by atoms with Crippen LogP contribution < -0.4 is 11.4 Å². The third kappa shape index (κ3) is 1.38. The van der Waals surface area contributed by atoms with Gasteiger partial charge in [0.1, 0.15) is 5.76 Å². The van der Waals surface area contributed by atoms with Crippen LogP contribution in [0.2, 0.25) is 0 Å². The number of nitrogens with two attached hydrogens (primary N) is 1. The molecule has 98 valence electrons. The number of H-pyrrole nitrogens is 1. The smallest absolute Gasteiger partial charge is 0.348 e. The Bertz CT molecular complexity index is 980. The molecular formula is C14H10N4O2. The van der Waals surface area contributed by atoms with Gasteiger partial charge in [0.15, 0.2) is 5.65 Å². The molecule has 3 aromatic heterocycles. The molecule has 0 aliphatic carbocycles. The SMILES string of the molecule is Nc1cc2ccc(-c3ccco3)cc2n2c(=O)[nH]nc12. The number of fused-ring (bicyclic) bond motifs is 3. The van der Waals surface area contributed by atoms with Crippen LogP contribution in [0, 0.1) is 0 Å². The number of nitrogens with one attached hydrogen (secondary N) is 1. The zero-order valence-electron chi connectivity index (χ0n) is 10.3.